The highest BCUT2D eigenvalue weighted by Crippen LogP contribution is 2.40. The predicted molar refractivity (Wildman–Crippen MR) is 169 cm³/mol. The molecule has 0 bridgehead atoms. The molecule has 2 aliphatic rings. The molecule has 4 amide bonds. The standard InChI is InChI=1S/C36H31N3O5/c1-22-6-15-29(16-7-22)44-30-17-13-27(14-18-30)37-33(40)24-9-11-26(12-10-24)38-34(41)25-4-3-5-28(21-25)39-35(42)31-19-8-23(2)20-32(31)36(39)43/h3-18,21,31-32H,19-20H2,1-2H3,(H,37,40)(H,38,41)/t31-,32-/m0/s1. The van der Waals surface area contributed by atoms with Gasteiger partial charge in [0.05, 0.1) is 17.5 Å². The van der Waals surface area contributed by atoms with E-state index in [1.807, 2.05) is 44.2 Å². The summed E-state index contributed by atoms with van der Waals surface area (Å²) in [7, 11) is 0. The number of benzene rings is 4. The summed E-state index contributed by atoms with van der Waals surface area (Å²) in [5.41, 5.74) is 4.49. The van der Waals surface area contributed by atoms with Crippen molar-refractivity contribution in [2.45, 2.75) is 26.7 Å². The minimum absolute atomic E-state index is 0.217. The van der Waals surface area contributed by atoms with E-state index in [-0.39, 0.29) is 29.6 Å². The highest BCUT2D eigenvalue weighted by atomic mass is 16.5. The second-order valence-electron chi connectivity index (χ2n) is 11.2. The van der Waals surface area contributed by atoms with Crippen LogP contribution in [0.15, 0.2) is 109 Å². The number of carbonyl (C=O) groups excluding carboxylic acids is 4. The van der Waals surface area contributed by atoms with Gasteiger partial charge in [0.15, 0.2) is 0 Å². The Morgan fingerprint density at radius 1 is 0.705 bits per heavy atom. The monoisotopic (exact) mass is 585 g/mol. The maximum Gasteiger partial charge on any atom is 0.255 e. The predicted octanol–water partition coefficient (Wildman–Crippen LogP) is 7.14. The summed E-state index contributed by atoms with van der Waals surface area (Å²) in [5, 5.41) is 5.68. The van der Waals surface area contributed by atoms with E-state index in [9.17, 15) is 19.2 Å². The number of anilines is 3. The van der Waals surface area contributed by atoms with Crippen molar-refractivity contribution in [1.29, 1.82) is 0 Å². The van der Waals surface area contributed by atoms with Crippen LogP contribution in [0.5, 0.6) is 11.5 Å². The number of hydrogen-bond donors (Lipinski definition) is 2. The second kappa shape index (κ2) is 12.0. The molecule has 44 heavy (non-hydrogen) atoms. The molecule has 1 aliphatic heterocycles. The van der Waals surface area contributed by atoms with Gasteiger partial charge in [-0.3, -0.25) is 24.1 Å². The van der Waals surface area contributed by atoms with Gasteiger partial charge in [0, 0.05) is 22.5 Å². The van der Waals surface area contributed by atoms with Crippen molar-refractivity contribution in [3.8, 4) is 11.5 Å². The minimum atomic E-state index is -0.397. The normalized spacial score (nSPS) is 17.5. The van der Waals surface area contributed by atoms with Crippen molar-refractivity contribution in [1.82, 2.24) is 0 Å². The van der Waals surface area contributed by atoms with Crippen LogP contribution >= 0.6 is 0 Å². The smallest absolute Gasteiger partial charge is 0.255 e. The number of nitrogens with zero attached hydrogens (tertiary/aromatic N) is 1. The Morgan fingerprint density at radius 3 is 1.93 bits per heavy atom. The molecule has 0 saturated carbocycles. The molecule has 1 heterocycles. The number of allylic oxidation sites excluding steroid dienone is 2. The Bertz CT molecular complexity index is 1780. The van der Waals surface area contributed by atoms with E-state index in [4.69, 9.17) is 4.74 Å². The van der Waals surface area contributed by atoms with Crippen molar-refractivity contribution in [3.63, 3.8) is 0 Å². The maximum absolute atomic E-state index is 13.1. The summed E-state index contributed by atoms with van der Waals surface area (Å²) in [4.78, 5) is 53.3. The average Bonchev–Trinajstić information content (AvgIpc) is 3.28. The zero-order chi connectivity index (χ0) is 30.8. The van der Waals surface area contributed by atoms with Gasteiger partial charge in [-0.2, -0.15) is 0 Å². The highest BCUT2D eigenvalue weighted by molar-refractivity contribution is 6.22. The number of rotatable bonds is 7. The Balaban J connectivity index is 1.06. The Kier molecular flexibility index (Phi) is 7.81. The summed E-state index contributed by atoms with van der Waals surface area (Å²) >= 11 is 0. The first-order valence-electron chi connectivity index (χ1n) is 14.5. The summed E-state index contributed by atoms with van der Waals surface area (Å²) in [6, 6.07) is 27.9. The highest BCUT2D eigenvalue weighted by Gasteiger charge is 2.48. The molecule has 1 aliphatic carbocycles. The zero-order valence-electron chi connectivity index (χ0n) is 24.4. The van der Waals surface area contributed by atoms with E-state index in [2.05, 4.69) is 10.6 Å². The molecule has 0 radical (unpaired) electrons. The molecule has 4 aromatic carbocycles. The number of nitrogens with one attached hydrogen (secondary N) is 2. The van der Waals surface area contributed by atoms with Crippen LogP contribution in [-0.2, 0) is 9.59 Å². The SMILES string of the molecule is CC1=CC[C@@H]2C(=O)N(c3cccc(C(=O)Nc4ccc(C(=O)Nc5ccc(Oc6ccc(C)cc6)cc5)cc4)c3)C(=O)[C@H]2C1. The van der Waals surface area contributed by atoms with Crippen molar-refractivity contribution in [2.24, 2.45) is 11.8 Å². The lowest BCUT2D eigenvalue weighted by molar-refractivity contribution is -0.122. The molecule has 0 aromatic heterocycles. The number of imide groups is 1. The Labute approximate surface area is 255 Å². The molecule has 1 saturated heterocycles. The molecule has 1 fully saturated rings. The number of ether oxygens (including phenoxy) is 1. The molecule has 8 heteroatoms. The van der Waals surface area contributed by atoms with E-state index < -0.39 is 5.91 Å². The largest absolute Gasteiger partial charge is 0.457 e. The number of amides is 4. The first-order chi connectivity index (χ1) is 21.2. The second-order valence-corrected chi connectivity index (χ2v) is 11.2. The Morgan fingerprint density at radius 2 is 1.27 bits per heavy atom. The molecule has 0 spiro atoms. The third-order valence-electron chi connectivity index (χ3n) is 7.96. The molecule has 220 valence electrons. The third kappa shape index (κ3) is 6.01. The van der Waals surface area contributed by atoms with Crippen LogP contribution in [0.2, 0.25) is 0 Å². The maximum atomic E-state index is 13.1. The van der Waals surface area contributed by atoms with Gasteiger partial charge in [0.1, 0.15) is 11.5 Å². The van der Waals surface area contributed by atoms with Gasteiger partial charge >= 0.3 is 0 Å². The number of aryl methyl sites for hydroxylation is 1. The number of hydrogen-bond acceptors (Lipinski definition) is 5. The van der Waals surface area contributed by atoms with Gasteiger partial charge in [-0.1, -0.05) is 35.4 Å². The molecular formula is C36H31N3O5. The van der Waals surface area contributed by atoms with Crippen molar-refractivity contribution >= 4 is 40.7 Å². The van der Waals surface area contributed by atoms with Gasteiger partial charge in [-0.25, -0.2) is 0 Å². The fourth-order valence-electron chi connectivity index (χ4n) is 5.54. The van der Waals surface area contributed by atoms with Crippen LogP contribution in [0.3, 0.4) is 0 Å². The summed E-state index contributed by atoms with van der Waals surface area (Å²) in [6.45, 7) is 3.99. The number of fused-ring (bicyclic) bond motifs is 1. The molecule has 2 atom stereocenters. The van der Waals surface area contributed by atoms with E-state index in [0.29, 0.717) is 46.8 Å². The molecule has 6 rings (SSSR count). The van der Waals surface area contributed by atoms with E-state index in [1.165, 1.54) is 4.90 Å². The first kappa shape index (κ1) is 28.6. The zero-order valence-corrected chi connectivity index (χ0v) is 24.4. The van der Waals surface area contributed by atoms with Crippen LogP contribution in [0, 0.1) is 18.8 Å². The topological polar surface area (TPSA) is 105 Å². The molecule has 2 N–H and O–H groups in total. The first-order valence-corrected chi connectivity index (χ1v) is 14.5. The van der Waals surface area contributed by atoms with E-state index in [0.717, 1.165) is 16.9 Å². The molecular weight excluding hydrogens is 554 g/mol. The lowest BCUT2D eigenvalue weighted by Crippen LogP contribution is -2.31. The van der Waals surface area contributed by atoms with Gasteiger partial charge < -0.3 is 15.4 Å². The quantitative estimate of drug-likeness (QED) is 0.177. The lowest BCUT2D eigenvalue weighted by atomic mass is 9.82. The fraction of sp³-hybridized carbons (Fsp3) is 0.167. The lowest BCUT2D eigenvalue weighted by Gasteiger charge is -2.18. The number of carbonyl (C=O) groups is 4. The van der Waals surface area contributed by atoms with Crippen LogP contribution in [0.1, 0.15) is 46.0 Å². The van der Waals surface area contributed by atoms with E-state index >= 15 is 0 Å². The van der Waals surface area contributed by atoms with E-state index in [1.54, 1.807) is 72.8 Å². The van der Waals surface area contributed by atoms with Gasteiger partial charge in [0.25, 0.3) is 11.8 Å². The fourth-order valence-corrected chi connectivity index (χ4v) is 5.54. The van der Waals surface area contributed by atoms with Gasteiger partial charge in [0.2, 0.25) is 11.8 Å². The summed E-state index contributed by atoms with van der Waals surface area (Å²) < 4.78 is 5.84. The minimum Gasteiger partial charge on any atom is -0.457 e. The van der Waals surface area contributed by atoms with Crippen molar-refractivity contribution in [3.05, 3.63) is 125 Å². The van der Waals surface area contributed by atoms with Crippen LogP contribution in [-0.4, -0.2) is 23.6 Å². The third-order valence-corrected chi connectivity index (χ3v) is 7.96. The van der Waals surface area contributed by atoms with Crippen molar-refractivity contribution in [2.75, 3.05) is 15.5 Å². The van der Waals surface area contributed by atoms with Crippen LogP contribution in [0.4, 0.5) is 17.1 Å². The van der Waals surface area contributed by atoms with Crippen LogP contribution < -0.4 is 20.3 Å². The molecule has 0 unspecified atom stereocenters. The molecule has 8 nitrogen and oxygen atoms in total. The Hall–Kier alpha value is -5.50. The summed E-state index contributed by atoms with van der Waals surface area (Å²) in [5.74, 6) is -0.447. The van der Waals surface area contributed by atoms with Crippen molar-refractivity contribution < 1.29 is 23.9 Å². The molecule has 4 aromatic rings. The average molecular weight is 586 g/mol. The summed E-state index contributed by atoms with van der Waals surface area (Å²) in [6.07, 6.45) is 3.16. The van der Waals surface area contributed by atoms with Gasteiger partial charge in [-0.15, -0.1) is 0 Å². The van der Waals surface area contributed by atoms with Crippen LogP contribution in [0.25, 0.3) is 0 Å². The van der Waals surface area contributed by atoms with Gasteiger partial charge in [-0.05, 0) is 106 Å².